The molecule has 1 unspecified atom stereocenters. The molecule has 3 heteroatoms. The molecule has 1 atom stereocenters. The number of nitrogens with one attached hydrogen (secondary N) is 1. The van der Waals surface area contributed by atoms with E-state index in [1.807, 2.05) is 17.5 Å². The smallest absolute Gasteiger partial charge is 0.0940 e. The Morgan fingerprint density at radius 3 is 2.80 bits per heavy atom. The molecule has 0 spiro atoms. The van der Waals surface area contributed by atoms with Crippen molar-refractivity contribution < 1.29 is 0 Å². The monoisotopic (exact) mass is 226 g/mol. The summed E-state index contributed by atoms with van der Waals surface area (Å²) in [6.45, 7) is 7.67. The summed E-state index contributed by atoms with van der Waals surface area (Å²) in [5.41, 5.74) is 0. The molecule has 2 nitrogen and oxygen atoms in total. The minimum absolute atomic E-state index is 0.691. The van der Waals surface area contributed by atoms with Crippen LogP contribution in [0.25, 0.3) is 0 Å². The van der Waals surface area contributed by atoms with Crippen molar-refractivity contribution in [1.29, 1.82) is 0 Å². The molecule has 1 heterocycles. The number of nitrogens with zero attached hydrogens (tertiary/aromatic N) is 1. The van der Waals surface area contributed by atoms with E-state index in [1.165, 1.54) is 29.1 Å². The Bertz CT molecular complexity index is 270. The van der Waals surface area contributed by atoms with Crippen LogP contribution < -0.4 is 5.32 Å². The van der Waals surface area contributed by atoms with Crippen LogP contribution in [-0.4, -0.2) is 17.6 Å². The van der Waals surface area contributed by atoms with Gasteiger partial charge >= 0.3 is 0 Å². The fraction of sp³-hybridized carbons (Fsp3) is 0.750. The Morgan fingerprint density at radius 1 is 1.47 bits per heavy atom. The van der Waals surface area contributed by atoms with Crippen LogP contribution in [0.2, 0.25) is 0 Å². The van der Waals surface area contributed by atoms with Gasteiger partial charge < -0.3 is 5.32 Å². The molecule has 0 aliphatic rings. The molecule has 0 aliphatic carbocycles. The van der Waals surface area contributed by atoms with Gasteiger partial charge in [-0.3, -0.25) is 0 Å². The predicted octanol–water partition coefficient (Wildman–Crippen LogP) is 3.16. The summed E-state index contributed by atoms with van der Waals surface area (Å²) in [4.78, 5) is 5.67. The highest BCUT2D eigenvalue weighted by Crippen LogP contribution is 2.11. The highest BCUT2D eigenvalue weighted by atomic mass is 32.1. The zero-order valence-corrected chi connectivity index (χ0v) is 10.9. The van der Waals surface area contributed by atoms with Crippen molar-refractivity contribution in [1.82, 2.24) is 10.3 Å². The Labute approximate surface area is 97.1 Å². The zero-order valence-electron chi connectivity index (χ0n) is 10.0. The first kappa shape index (κ1) is 12.7. The number of rotatable bonds is 7. The average Bonchev–Trinajstić information content (AvgIpc) is 2.63. The van der Waals surface area contributed by atoms with Gasteiger partial charge in [0.2, 0.25) is 0 Å². The molecule has 0 bridgehead atoms. The standard InChI is InChI=1S/C12H22N2S/c1-4-6-11(5-2)13-8-7-12-14-9-10(3)15-12/h9,11,13H,4-8H2,1-3H3. The molecule has 1 aromatic rings. The van der Waals surface area contributed by atoms with Crippen molar-refractivity contribution in [3.8, 4) is 0 Å². The van der Waals surface area contributed by atoms with Crippen molar-refractivity contribution in [2.45, 2.75) is 52.5 Å². The summed E-state index contributed by atoms with van der Waals surface area (Å²) in [7, 11) is 0. The third-order valence-electron chi connectivity index (χ3n) is 2.57. The van der Waals surface area contributed by atoms with Gasteiger partial charge in [0.1, 0.15) is 0 Å². The Balaban J connectivity index is 2.20. The fourth-order valence-corrected chi connectivity index (χ4v) is 2.49. The van der Waals surface area contributed by atoms with E-state index in [4.69, 9.17) is 0 Å². The first-order valence-electron chi connectivity index (χ1n) is 5.91. The molecule has 0 amide bonds. The molecule has 0 fully saturated rings. The average molecular weight is 226 g/mol. The summed E-state index contributed by atoms with van der Waals surface area (Å²) in [6, 6.07) is 0.691. The highest BCUT2D eigenvalue weighted by Gasteiger charge is 2.04. The van der Waals surface area contributed by atoms with E-state index in [9.17, 15) is 0 Å². The van der Waals surface area contributed by atoms with Crippen molar-refractivity contribution >= 4 is 11.3 Å². The normalized spacial score (nSPS) is 13.0. The van der Waals surface area contributed by atoms with Gasteiger partial charge in [-0.1, -0.05) is 20.3 Å². The third kappa shape index (κ3) is 4.76. The lowest BCUT2D eigenvalue weighted by Crippen LogP contribution is -2.30. The van der Waals surface area contributed by atoms with Crippen LogP contribution in [0, 0.1) is 6.92 Å². The SMILES string of the molecule is CCCC(CC)NCCc1ncc(C)s1. The van der Waals surface area contributed by atoms with Crippen LogP contribution in [0.4, 0.5) is 0 Å². The molecule has 1 rings (SSSR count). The summed E-state index contributed by atoms with van der Waals surface area (Å²) in [6.07, 6.45) is 6.81. The van der Waals surface area contributed by atoms with E-state index in [0.717, 1.165) is 13.0 Å². The lowest BCUT2D eigenvalue weighted by molar-refractivity contribution is 0.466. The topological polar surface area (TPSA) is 24.9 Å². The molecule has 86 valence electrons. The minimum atomic E-state index is 0.691. The van der Waals surface area contributed by atoms with Crippen LogP contribution in [0.5, 0.6) is 0 Å². The molecule has 0 saturated carbocycles. The van der Waals surface area contributed by atoms with Crippen LogP contribution in [0.3, 0.4) is 0 Å². The van der Waals surface area contributed by atoms with Gasteiger partial charge in [0.05, 0.1) is 5.01 Å². The maximum Gasteiger partial charge on any atom is 0.0940 e. The summed E-state index contributed by atoms with van der Waals surface area (Å²) in [5.74, 6) is 0. The number of thiazole rings is 1. The number of hydrogen-bond donors (Lipinski definition) is 1. The van der Waals surface area contributed by atoms with Crippen LogP contribution in [-0.2, 0) is 6.42 Å². The molecule has 0 saturated heterocycles. The van der Waals surface area contributed by atoms with Crippen LogP contribution in [0.1, 0.15) is 43.0 Å². The van der Waals surface area contributed by atoms with Crippen molar-refractivity contribution in [2.75, 3.05) is 6.54 Å². The quantitative estimate of drug-likeness (QED) is 0.772. The lowest BCUT2D eigenvalue weighted by Gasteiger charge is -2.15. The molecule has 0 aliphatic heterocycles. The van der Waals surface area contributed by atoms with E-state index in [1.54, 1.807) is 0 Å². The largest absolute Gasteiger partial charge is 0.314 e. The molecule has 15 heavy (non-hydrogen) atoms. The number of aromatic nitrogens is 1. The molecule has 0 aromatic carbocycles. The summed E-state index contributed by atoms with van der Waals surface area (Å²) < 4.78 is 0. The molecular weight excluding hydrogens is 204 g/mol. The van der Waals surface area contributed by atoms with Crippen molar-refractivity contribution in [3.05, 3.63) is 16.1 Å². The summed E-state index contributed by atoms with van der Waals surface area (Å²) in [5, 5.41) is 4.85. The van der Waals surface area contributed by atoms with Crippen LogP contribution >= 0.6 is 11.3 Å². The van der Waals surface area contributed by atoms with Crippen molar-refractivity contribution in [2.24, 2.45) is 0 Å². The first-order chi connectivity index (χ1) is 7.26. The minimum Gasteiger partial charge on any atom is -0.314 e. The molecule has 0 radical (unpaired) electrons. The first-order valence-corrected chi connectivity index (χ1v) is 6.72. The number of hydrogen-bond acceptors (Lipinski definition) is 3. The van der Waals surface area contributed by atoms with Gasteiger partial charge in [-0.25, -0.2) is 4.98 Å². The molecule has 1 aromatic heterocycles. The maximum absolute atomic E-state index is 4.36. The van der Waals surface area contributed by atoms with E-state index < -0.39 is 0 Å². The van der Waals surface area contributed by atoms with Gasteiger partial charge in [0.25, 0.3) is 0 Å². The van der Waals surface area contributed by atoms with E-state index >= 15 is 0 Å². The van der Waals surface area contributed by atoms with Gasteiger partial charge in [0, 0.05) is 30.1 Å². The molecular formula is C12H22N2S. The second-order valence-electron chi connectivity index (χ2n) is 3.96. The zero-order chi connectivity index (χ0) is 11.1. The summed E-state index contributed by atoms with van der Waals surface area (Å²) >= 11 is 1.81. The second kappa shape index (κ2) is 6.96. The van der Waals surface area contributed by atoms with E-state index in [2.05, 4.69) is 31.1 Å². The van der Waals surface area contributed by atoms with Gasteiger partial charge in [-0.2, -0.15) is 0 Å². The second-order valence-corrected chi connectivity index (χ2v) is 5.28. The van der Waals surface area contributed by atoms with E-state index in [-0.39, 0.29) is 0 Å². The Morgan fingerprint density at radius 2 is 2.27 bits per heavy atom. The fourth-order valence-electron chi connectivity index (χ4n) is 1.70. The van der Waals surface area contributed by atoms with Gasteiger partial charge in [-0.05, 0) is 19.8 Å². The third-order valence-corrected chi connectivity index (χ3v) is 3.54. The lowest BCUT2D eigenvalue weighted by atomic mass is 10.1. The van der Waals surface area contributed by atoms with Crippen LogP contribution in [0.15, 0.2) is 6.20 Å². The Hall–Kier alpha value is -0.410. The van der Waals surface area contributed by atoms with E-state index in [0.29, 0.717) is 6.04 Å². The highest BCUT2D eigenvalue weighted by molar-refractivity contribution is 7.11. The van der Waals surface area contributed by atoms with Crippen molar-refractivity contribution in [3.63, 3.8) is 0 Å². The molecule has 1 N–H and O–H groups in total. The number of aryl methyl sites for hydroxylation is 1. The Kier molecular flexibility index (Phi) is 5.88. The van der Waals surface area contributed by atoms with Gasteiger partial charge in [0.15, 0.2) is 0 Å². The maximum atomic E-state index is 4.36. The predicted molar refractivity (Wildman–Crippen MR) is 67.5 cm³/mol. The van der Waals surface area contributed by atoms with Gasteiger partial charge in [-0.15, -0.1) is 11.3 Å².